The predicted molar refractivity (Wildman–Crippen MR) is 323 cm³/mol. The quantitative estimate of drug-likeness (QED) is 0.0375. The van der Waals surface area contributed by atoms with Crippen molar-refractivity contribution in [2.75, 3.05) is 39.6 Å². The summed E-state index contributed by atoms with van der Waals surface area (Å²) in [7, 11) is 0. The van der Waals surface area contributed by atoms with Crippen LogP contribution in [-0.4, -0.2) is 333 Å². The number of ketones is 1. The third-order valence-electron chi connectivity index (χ3n) is 23.9. The second kappa shape index (κ2) is 29.4. The number of cyclic esters (lactones) is 1. The van der Waals surface area contributed by atoms with Gasteiger partial charge in [-0.1, -0.05) is 44.9 Å². The first-order valence-electron chi connectivity index (χ1n) is 34.0. The van der Waals surface area contributed by atoms with E-state index < -0.39 is 257 Å². The highest BCUT2D eigenvalue weighted by molar-refractivity contribution is 5.99. The molecule has 0 aromatic carbocycles. The van der Waals surface area contributed by atoms with Gasteiger partial charge in [-0.05, 0) is 87.9 Å². The van der Waals surface area contributed by atoms with Gasteiger partial charge in [-0.3, -0.25) is 9.59 Å². The molecule has 11 rings (SSSR count). The van der Waals surface area contributed by atoms with E-state index in [9.17, 15) is 102 Å². The lowest BCUT2D eigenvalue weighted by molar-refractivity contribution is -0.401. The fourth-order valence-corrected chi connectivity index (χ4v) is 18.7. The molecule has 7 aliphatic heterocycles. The Hall–Kier alpha value is -2.58. The Balaban J connectivity index is 0.868. The standard InChI is InChI=1S/C65H102O33/c1-24(2)9-8-14-64(7)53-27(71)17-63(6)26-10-11-34-61(3,4)35(13-15-62(34,5)25(26)12-16-65(53,63)60(85)98-64)92-59-52(46(28(72)23-86-59)95-58-45(82)49(38(75)31(20-68)90-58)96-56-42(79)39(76)36(73)30(19-67)89-56)97-57-43(80)41(78)47(33(22-70)91-57)93-51-44(81)48(32(21-69)88-55(51)84)94-50-40(77)37(74)29(18-66)87-54(50)83/h10,25,28-59,66-70,72-84H,1,8-9,11-23H2,2-7H3/t25-,28-,29-,30-,31-,32-,33-,34+,35+,36-,37-,38-,39+,40+,41-,42-,43-,44+,45-,46+,47-,48-,49+,50-,51-,52-,53-,54-,55-,56+,57+,58+,59+,62-,63+,64+,65-/m1/s1. The molecular weight excluding hydrogens is 1310 g/mol. The van der Waals surface area contributed by atoms with Crippen LogP contribution in [0.15, 0.2) is 23.8 Å². The van der Waals surface area contributed by atoms with Gasteiger partial charge in [-0.15, -0.1) is 6.58 Å². The summed E-state index contributed by atoms with van der Waals surface area (Å²) < 4.78 is 78.4. The lowest BCUT2D eigenvalue weighted by Gasteiger charge is -2.63. The Morgan fingerprint density at radius 3 is 1.66 bits per heavy atom. The normalized spacial score (nSPS) is 52.5. The Morgan fingerprint density at radius 1 is 0.531 bits per heavy atom. The van der Waals surface area contributed by atoms with Crippen LogP contribution < -0.4 is 0 Å². The second-order valence-corrected chi connectivity index (χ2v) is 30.2. The van der Waals surface area contributed by atoms with Gasteiger partial charge in [-0.2, -0.15) is 0 Å². The molecule has 0 unspecified atom stereocenters. The maximum Gasteiger partial charge on any atom is 0.314 e. The average molecular weight is 1410 g/mol. The van der Waals surface area contributed by atoms with Crippen molar-refractivity contribution < 1.29 is 163 Å². The molecule has 7 heterocycles. The molecular formula is C65H102O33. The molecule has 4 aliphatic carbocycles. The van der Waals surface area contributed by atoms with Crippen molar-refractivity contribution in [3.8, 4) is 0 Å². The molecule has 560 valence electrons. The van der Waals surface area contributed by atoms with Crippen LogP contribution in [0.4, 0.5) is 0 Å². The van der Waals surface area contributed by atoms with Crippen LogP contribution in [0.3, 0.4) is 0 Å². The summed E-state index contributed by atoms with van der Waals surface area (Å²) in [6.45, 7) is 10.9. The second-order valence-electron chi connectivity index (χ2n) is 30.2. The molecule has 18 N–H and O–H groups in total. The molecule has 37 atom stereocenters. The maximum absolute atomic E-state index is 14.6. The SMILES string of the molecule is C=C(C)CCC[C@]1(C)OC(=O)[C@]23CC[C@@H]4C(=CC[C@H]5C(C)(C)[C@@H](O[C@@H]6OC[C@@H](O)[C@H](O[C@@H]7O[C@H](CO)[C@@H](O)[C@H](O[C@@H]8O[C@H](CO)[C@@H](O)[C@H](O)[C@H]8O)[C@H]7O)[C@H]6O[C@@H]6O[C@H](CO)[C@@H](O[C@@H]7[C@@H](O)[C@H](O[C@@H]8[C@@H](O)[C@H](O)[C@@H](CO)O[C@H]8O)[C@@H](CO)O[C@H]7O)[C@H](O)[C@H]6O)CC[C@]45C)[C@]2(C)CC(=O)[C@@H]31. The van der Waals surface area contributed by atoms with Crippen LogP contribution in [0, 0.1) is 39.4 Å². The van der Waals surface area contributed by atoms with Gasteiger partial charge in [0.1, 0.15) is 152 Å². The number of hydrogen-bond acceptors (Lipinski definition) is 33. The molecule has 11 aliphatic rings. The summed E-state index contributed by atoms with van der Waals surface area (Å²) in [5.41, 5.74) is -1.99. The summed E-state index contributed by atoms with van der Waals surface area (Å²) in [5, 5.41) is 198. The van der Waals surface area contributed by atoms with Gasteiger partial charge in [0.15, 0.2) is 37.7 Å². The van der Waals surface area contributed by atoms with Crippen LogP contribution in [0.2, 0.25) is 0 Å². The number of ether oxygens (including phenoxy) is 13. The number of allylic oxidation sites excluding steroid dienone is 3. The maximum atomic E-state index is 14.6. The zero-order chi connectivity index (χ0) is 71.4. The van der Waals surface area contributed by atoms with Crippen LogP contribution >= 0.6 is 0 Å². The number of aliphatic hydroxyl groups excluding tert-OH is 18. The lowest BCUT2D eigenvalue weighted by atomic mass is 9.41. The minimum Gasteiger partial charge on any atom is -0.458 e. The van der Waals surface area contributed by atoms with Gasteiger partial charge in [0, 0.05) is 11.8 Å². The Kier molecular flexibility index (Phi) is 23.0. The van der Waals surface area contributed by atoms with Crippen molar-refractivity contribution >= 4 is 11.8 Å². The van der Waals surface area contributed by atoms with Crippen molar-refractivity contribution in [1.29, 1.82) is 0 Å². The molecule has 10 fully saturated rings. The summed E-state index contributed by atoms with van der Waals surface area (Å²) in [6, 6.07) is 0. The molecule has 3 saturated carbocycles. The first kappa shape index (κ1) is 76.5. The Morgan fingerprint density at radius 2 is 1.04 bits per heavy atom. The zero-order valence-electron chi connectivity index (χ0n) is 55.6. The van der Waals surface area contributed by atoms with E-state index in [2.05, 4.69) is 26.5 Å². The zero-order valence-corrected chi connectivity index (χ0v) is 55.6. The van der Waals surface area contributed by atoms with E-state index in [4.69, 9.17) is 61.6 Å². The van der Waals surface area contributed by atoms with Crippen molar-refractivity contribution in [3.05, 3.63) is 23.8 Å². The summed E-state index contributed by atoms with van der Waals surface area (Å²) in [5.74, 6) is -1.15. The van der Waals surface area contributed by atoms with Gasteiger partial charge in [-0.25, -0.2) is 0 Å². The third kappa shape index (κ3) is 13.0. The minimum absolute atomic E-state index is 0.0155. The summed E-state index contributed by atoms with van der Waals surface area (Å²) in [6.07, 6.45) is -49.4. The average Bonchev–Trinajstić information content (AvgIpc) is 1.48. The van der Waals surface area contributed by atoms with Crippen molar-refractivity contribution in [1.82, 2.24) is 0 Å². The fourth-order valence-electron chi connectivity index (χ4n) is 18.7. The number of rotatable bonds is 21. The molecule has 0 aromatic rings. The molecule has 0 amide bonds. The first-order chi connectivity index (χ1) is 46.2. The highest BCUT2D eigenvalue weighted by atomic mass is 16.8. The number of carbonyl (C=O) groups is 2. The molecule has 33 heteroatoms. The molecule has 0 aromatic heterocycles. The monoisotopic (exact) mass is 1410 g/mol. The molecule has 1 spiro atoms. The van der Waals surface area contributed by atoms with E-state index in [1.54, 1.807) is 0 Å². The van der Waals surface area contributed by atoms with E-state index in [1.165, 1.54) is 0 Å². The van der Waals surface area contributed by atoms with Crippen molar-refractivity contribution in [3.63, 3.8) is 0 Å². The molecule has 33 nitrogen and oxygen atoms in total. The van der Waals surface area contributed by atoms with Gasteiger partial charge in [0.05, 0.1) is 57.1 Å². The molecule has 98 heavy (non-hydrogen) atoms. The van der Waals surface area contributed by atoms with Gasteiger partial charge < -0.3 is 153 Å². The Bertz CT molecular complexity index is 2820. The molecule has 0 bridgehead atoms. The van der Waals surface area contributed by atoms with Crippen molar-refractivity contribution in [2.45, 2.75) is 289 Å². The fraction of sp³-hybridized carbons (Fsp3) is 0.908. The number of esters is 1. The van der Waals surface area contributed by atoms with Gasteiger partial charge in [0.25, 0.3) is 0 Å². The summed E-state index contributed by atoms with van der Waals surface area (Å²) >= 11 is 0. The van der Waals surface area contributed by atoms with Crippen LogP contribution in [0.5, 0.6) is 0 Å². The van der Waals surface area contributed by atoms with Crippen LogP contribution in [-0.2, 0) is 71.2 Å². The first-order valence-corrected chi connectivity index (χ1v) is 34.0. The van der Waals surface area contributed by atoms with Crippen LogP contribution in [0.25, 0.3) is 0 Å². The van der Waals surface area contributed by atoms with Crippen LogP contribution in [0.1, 0.15) is 99.3 Å². The summed E-state index contributed by atoms with van der Waals surface area (Å²) in [4.78, 5) is 29.1. The van der Waals surface area contributed by atoms with Gasteiger partial charge in [0.2, 0.25) is 0 Å². The van der Waals surface area contributed by atoms with E-state index >= 15 is 0 Å². The number of aliphatic hydroxyl groups is 18. The third-order valence-corrected chi connectivity index (χ3v) is 23.9. The largest absolute Gasteiger partial charge is 0.458 e. The minimum atomic E-state index is -2.26. The van der Waals surface area contributed by atoms with E-state index in [0.29, 0.717) is 44.9 Å². The highest BCUT2D eigenvalue weighted by Crippen LogP contribution is 2.75. The highest BCUT2D eigenvalue weighted by Gasteiger charge is 2.79. The van der Waals surface area contributed by atoms with E-state index in [1.807, 2.05) is 27.7 Å². The number of fused-ring (bicyclic) bond motifs is 4. The predicted octanol–water partition coefficient (Wildman–Crippen LogP) is -6.24. The van der Waals surface area contributed by atoms with Gasteiger partial charge >= 0.3 is 5.97 Å². The smallest absolute Gasteiger partial charge is 0.314 e. The topological polar surface area (TPSA) is 518 Å². The molecule has 7 saturated heterocycles. The van der Waals surface area contributed by atoms with Crippen molar-refractivity contribution in [2.24, 2.45) is 39.4 Å². The Labute approximate surface area is 565 Å². The lowest BCUT2D eigenvalue weighted by Crippen LogP contribution is -2.68. The number of carbonyl (C=O) groups excluding carboxylic acids is 2. The van der Waals surface area contributed by atoms with E-state index in [0.717, 1.165) is 17.6 Å². The number of hydrogen-bond donors (Lipinski definition) is 18. The molecule has 0 radical (unpaired) electrons. The van der Waals surface area contributed by atoms with E-state index in [-0.39, 0.29) is 30.0 Å². The number of Topliss-reactive ketones (excluding diaryl/α,β-unsaturated/α-hetero) is 1.